The molecule has 1 atom stereocenters. The fourth-order valence-corrected chi connectivity index (χ4v) is 2.20. The van der Waals surface area contributed by atoms with Crippen LogP contribution in [0.3, 0.4) is 0 Å². The maximum Gasteiger partial charge on any atom is 0.338 e. The molecule has 0 radical (unpaired) electrons. The molecular weight excluding hydrogens is 294 g/mol. The maximum absolute atomic E-state index is 11.6. The van der Waals surface area contributed by atoms with Gasteiger partial charge in [-0.1, -0.05) is 19.1 Å². The largest absolute Gasteiger partial charge is 0.462 e. The van der Waals surface area contributed by atoms with Crippen LogP contribution in [0.25, 0.3) is 11.3 Å². The van der Waals surface area contributed by atoms with E-state index in [4.69, 9.17) is 14.3 Å². The van der Waals surface area contributed by atoms with Gasteiger partial charge in [0.2, 0.25) is 0 Å². The van der Waals surface area contributed by atoms with Gasteiger partial charge in [-0.25, -0.2) is 4.79 Å². The molecule has 0 amide bonds. The van der Waals surface area contributed by atoms with Crippen molar-refractivity contribution in [3.05, 3.63) is 47.7 Å². The summed E-state index contributed by atoms with van der Waals surface area (Å²) in [6.45, 7) is 4.85. The van der Waals surface area contributed by atoms with Gasteiger partial charge in [0.1, 0.15) is 11.5 Å². The fraction of sp³-hybridized carbons (Fsp3) is 0.389. The lowest BCUT2D eigenvalue weighted by atomic mass is 10.1. The minimum Gasteiger partial charge on any atom is -0.462 e. The van der Waals surface area contributed by atoms with Crippen molar-refractivity contribution in [3.63, 3.8) is 0 Å². The number of furan rings is 1. The van der Waals surface area contributed by atoms with Crippen LogP contribution in [0.2, 0.25) is 0 Å². The highest BCUT2D eigenvalue weighted by molar-refractivity contribution is 5.89. The van der Waals surface area contributed by atoms with E-state index < -0.39 is 0 Å². The fourth-order valence-electron chi connectivity index (χ4n) is 2.20. The molecule has 0 aliphatic rings. The van der Waals surface area contributed by atoms with Crippen molar-refractivity contribution in [1.29, 1.82) is 0 Å². The van der Waals surface area contributed by atoms with Gasteiger partial charge in [0.15, 0.2) is 0 Å². The van der Waals surface area contributed by atoms with Crippen molar-refractivity contribution < 1.29 is 19.1 Å². The number of carbonyl (C=O) groups excluding carboxylic acids is 1. The molecule has 23 heavy (non-hydrogen) atoms. The lowest BCUT2D eigenvalue weighted by molar-refractivity contribution is 0.0526. The number of ether oxygens (including phenoxy) is 1. The third-order valence-corrected chi connectivity index (χ3v) is 3.62. The van der Waals surface area contributed by atoms with Crippen LogP contribution in [0.5, 0.6) is 0 Å². The van der Waals surface area contributed by atoms with Gasteiger partial charge in [-0.15, -0.1) is 0 Å². The van der Waals surface area contributed by atoms with Gasteiger partial charge < -0.3 is 19.6 Å². The second kappa shape index (κ2) is 8.50. The molecular formula is C18H23NO4. The van der Waals surface area contributed by atoms with E-state index in [9.17, 15) is 4.79 Å². The Morgan fingerprint density at radius 1 is 1.22 bits per heavy atom. The van der Waals surface area contributed by atoms with Crippen LogP contribution in [0.1, 0.15) is 36.4 Å². The Bertz CT molecular complexity index is 614. The van der Waals surface area contributed by atoms with E-state index in [1.807, 2.05) is 31.2 Å². The standard InChI is InChI=1S/C18H23NO4/c1-3-15(12-20)19-11-16-9-10-17(23-16)13-5-7-14(8-6-13)18(21)22-4-2/h5-10,15,19-20H,3-4,11-12H2,1-2H3. The smallest absolute Gasteiger partial charge is 0.338 e. The number of nitrogens with one attached hydrogen (secondary N) is 1. The quantitative estimate of drug-likeness (QED) is 0.732. The zero-order valence-electron chi connectivity index (χ0n) is 13.5. The first-order valence-electron chi connectivity index (χ1n) is 7.88. The highest BCUT2D eigenvalue weighted by Crippen LogP contribution is 2.23. The third kappa shape index (κ3) is 4.68. The highest BCUT2D eigenvalue weighted by Gasteiger charge is 2.10. The summed E-state index contributed by atoms with van der Waals surface area (Å²) in [5.41, 5.74) is 1.43. The van der Waals surface area contributed by atoms with Crippen molar-refractivity contribution in [2.45, 2.75) is 32.9 Å². The summed E-state index contributed by atoms with van der Waals surface area (Å²) in [6.07, 6.45) is 0.861. The summed E-state index contributed by atoms with van der Waals surface area (Å²) in [4.78, 5) is 11.6. The van der Waals surface area contributed by atoms with Crippen molar-refractivity contribution in [1.82, 2.24) is 5.32 Å². The average molecular weight is 317 g/mol. The zero-order valence-corrected chi connectivity index (χ0v) is 13.5. The van der Waals surface area contributed by atoms with Gasteiger partial charge in [-0.05, 0) is 37.6 Å². The molecule has 124 valence electrons. The summed E-state index contributed by atoms with van der Waals surface area (Å²) in [5, 5.41) is 12.4. The molecule has 5 heteroatoms. The van der Waals surface area contributed by atoms with Gasteiger partial charge in [0.05, 0.1) is 25.3 Å². The van der Waals surface area contributed by atoms with E-state index in [1.165, 1.54) is 0 Å². The third-order valence-electron chi connectivity index (χ3n) is 3.62. The van der Waals surface area contributed by atoms with Crippen LogP contribution in [-0.4, -0.2) is 30.3 Å². The molecule has 2 rings (SSSR count). The second-order valence-electron chi connectivity index (χ2n) is 5.23. The first-order valence-corrected chi connectivity index (χ1v) is 7.88. The summed E-state index contributed by atoms with van der Waals surface area (Å²) in [5.74, 6) is 1.23. The molecule has 0 bridgehead atoms. The number of hydrogen-bond donors (Lipinski definition) is 2. The Morgan fingerprint density at radius 2 is 1.96 bits per heavy atom. The Labute approximate surface area is 136 Å². The van der Waals surface area contributed by atoms with Crippen molar-refractivity contribution in [2.75, 3.05) is 13.2 Å². The molecule has 0 saturated carbocycles. The predicted octanol–water partition coefficient (Wildman–Crippen LogP) is 2.98. The topological polar surface area (TPSA) is 71.7 Å². The van der Waals surface area contributed by atoms with E-state index in [0.29, 0.717) is 18.7 Å². The molecule has 2 aromatic rings. The average Bonchev–Trinajstić information content (AvgIpc) is 3.05. The predicted molar refractivity (Wildman–Crippen MR) is 88.1 cm³/mol. The minimum absolute atomic E-state index is 0.0763. The molecule has 1 unspecified atom stereocenters. The second-order valence-corrected chi connectivity index (χ2v) is 5.23. The summed E-state index contributed by atoms with van der Waals surface area (Å²) < 4.78 is 10.8. The monoisotopic (exact) mass is 317 g/mol. The van der Waals surface area contributed by atoms with Crippen LogP contribution in [0.4, 0.5) is 0 Å². The number of esters is 1. The van der Waals surface area contributed by atoms with Crippen LogP contribution in [0, 0.1) is 0 Å². The maximum atomic E-state index is 11.6. The summed E-state index contributed by atoms with van der Waals surface area (Å²) in [7, 11) is 0. The van der Waals surface area contributed by atoms with E-state index >= 15 is 0 Å². The minimum atomic E-state index is -0.321. The number of rotatable bonds is 8. The molecule has 0 saturated heterocycles. The van der Waals surface area contributed by atoms with Gasteiger partial charge in [-0.2, -0.15) is 0 Å². The van der Waals surface area contributed by atoms with Crippen molar-refractivity contribution >= 4 is 5.97 Å². The Morgan fingerprint density at radius 3 is 2.57 bits per heavy atom. The van der Waals surface area contributed by atoms with Gasteiger partial charge in [0.25, 0.3) is 0 Å². The number of aliphatic hydroxyl groups excluding tert-OH is 1. The molecule has 0 aliphatic heterocycles. The summed E-state index contributed by atoms with van der Waals surface area (Å²) in [6, 6.07) is 11.0. The van der Waals surface area contributed by atoms with E-state index in [1.54, 1.807) is 19.1 Å². The van der Waals surface area contributed by atoms with Crippen LogP contribution >= 0.6 is 0 Å². The van der Waals surface area contributed by atoms with Crippen LogP contribution in [-0.2, 0) is 11.3 Å². The van der Waals surface area contributed by atoms with E-state index in [0.717, 1.165) is 23.5 Å². The van der Waals surface area contributed by atoms with Crippen LogP contribution in [0.15, 0.2) is 40.8 Å². The first-order chi connectivity index (χ1) is 11.2. The number of benzene rings is 1. The Hall–Kier alpha value is -2.11. The molecule has 2 N–H and O–H groups in total. The van der Waals surface area contributed by atoms with E-state index in [2.05, 4.69) is 5.32 Å². The summed E-state index contributed by atoms with van der Waals surface area (Å²) >= 11 is 0. The lowest BCUT2D eigenvalue weighted by Gasteiger charge is -2.12. The van der Waals surface area contributed by atoms with Crippen molar-refractivity contribution in [2.24, 2.45) is 0 Å². The van der Waals surface area contributed by atoms with Crippen LogP contribution < -0.4 is 5.32 Å². The molecule has 0 aliphatic carbocycles. The van der Waals surface area contributed by atoms with Gasteiger partial charge >= 0.3 is 5.97 Å². The van der Waals surface area contributed by atoms with Crippen molar-refractivity contribution in [3.8, 4) is 11.3 Å². The SMILES string of the molecule is CCOC(=O)c1ccc(-c2ccc(CNC(CC)CO)o2)cc1. The highest BCUT2D eigenvalue weighted by atomic mass is 16.5. The van der Waals surface area contributed by atoms with Gasteiger partial charge in [0, 0.05) is 11.6 Å². The van der Waals surface area contributed by atoms with Gasteiger partial charge in [-0.3, -0.25) is 0 Å². The normalized spacial score (nSPS) is 12.1. The first kappa shape index (κ1) is 17.2. The zero-order chi connectivity index (χ0) is 16.7. The number of carbonyl (C=O) groups is 1. The number of aliphatic hydroxyl groups is 1. The Balaban J connectivity index is 2.01. The molecule has 5 nitrogen and oxygen atoms in total. The molecule has 1 aromatic heterocycles. The molecule has 0 fully saturated rings. The molecule has 0 spiro atoms. The van der Waals surface area contributed by atoms with E-state index in [-0.39, 0.29) is 18.6 Å². The molecule has 1 aromatic carbocycles. The number of hydrogen-bond acceptors (Lipinski definition) is 5. The lowest BCUT2D eigenvalue weighted by Crippen LogP contribution is -2.30. The Kier molecular flexibility index (Phi) is 6.38. The molecule has 1 heterocycles.